The molecule has 6 heteroatoms. The van der Waals surface area contributed by atoms with Gasteiger partial charge < -0.3 is 5.32 Å². The highest BCUT2D eigenvalue weighted by Gasteiger charge is 2.13. The van der Waals surface area contributed by atoms with Gasteiger partial charge in [0.2, 0.25) is 11.7 Å². The van der Waals surface area contributed by atoms with Crippen LogP contribution in [0.5, 0.6) is 0 Å². The van der Waals surface area contributed by atoms with Crippen molar-refractivity contribution in [1.82, 2.24) is 5.32 Å². The van der Waals surface area contributed by atoms with Crippen LogP contribution in [-0.2, 0) is 17.8 Å². The molecule has 2 aromatic heterocycles. The third-order valence-corrected chi connectivity index (χ3v) is 5.32. The maximum absolute atomic E-state index is 12.8. The second kappa shape index (κ2) is 7.51. The number of amides is 1. The van der Waals surface area contributed by atoms with E-state index < -0.39 is 0 Å². The molecule has 0 fully saturated rings. The van der Waals surface area contributed by atoms with Crippen LogP contribution in [0.15, 0.2) is 53.9 Å². The van der Waals surface area contributed by atoms with E-state index in [1.165, 1.54) is 34.8 Å². The average Bonchev–Trinajstić information content (AvgIpc) is 3.26. The number of nitrogens with one attached hydrogen (secondary N) is 1. The molecule has 0 saturated heterocycles. The minimum absolute atomic E-state index is 0.0129. The summed E-state index contributed by atoms with van der Waals surface area (Å²) in [4.78, 5) is 26.5. The third kappa shape index (κ3) is 4.15. The van der Waals surface area contributed by atoms with Crippen molar-refractivity contribution in [1.29, 1.82) is 0 Å². The topological polar surface area (TPSA) is 46.2 Å². The Morgan fingerprint density at radius 3 is 2.50 bits per heavy atom. The number of hydrogen-bond acceptors (Lipinski definition) is 4. The van der Waals surface area contributed by atoms with Crippen LogP contribution in [0.3, 0.4) is 0 Å². The van der Waals surface area contributed by atoms with Gasteiger partial charge >= 0.3 is 0 Å². The van der Waals surface area contributed by atoms with Gasteiger partial charge in [-0.25, -0.2) is 4.39 Å². The predicted octanol–water partition coefficient (Wildman–Crippen LogP) is 4.04. The van der Waals surface area contributed by atoms with Gasteiger partial charge in [-0.3, -0.25) is 9.59 Å². The van der Waals surface area contributed by atoms with Gasteiger partial charge in [0.1, 0.15) is 5.82 Å². The van der Waals surface area contributed by atoms with Crippen molar-refractivity contribution in [3.8, 4) is 0 Å². The zero-order chi connectivity index (χ0) is 16.9. The fourth-order valence-electron chi connectivity index (χ4n) is 2.16. The SMILES string of the molecule is O=C(Cc1ccc(F)cc1)NCc1ccc(C(=O)c2cccs2)s1. The number of rotatable bonds is 6. The van der Waals surface area contributed by atoms with Crippen LogP contribution in [0.2, 0.25) is 0 Å². The van der Waals surface area contributed by atoms with Crippen molar-refractivity contribution in [3.63, 3.8) is 0 Å². The monoisotopic (exact) mass is 359 g/mol. The van der Waals surface area contributed by atoms with E-state index in [0.717, 1.165) is 10.4 Å². The highest BCUT2D eigenvalue weighted by Crippen LogP contribution is 2.22. The number of thiophene rings is 2. The molecule has 0 radical (unpaired) electrons. The van der Waals surface area contributed by atoms with Gasteiger partial charge in [-0.2, -0.15) is 0 Å². The van der Waals surface area contributed by atoms with E-state index in [0.29, 0.717) is 16.3 Å². The van der Waals surface area contributed by atoms with Crippen molar-refractivity contribution in [2.45, 2.75) is 13.0 Å². The molecule has 122 valence electrons. The lowest BCUT2D eigenvalue weighted by Crippen LogP contribution is -2.24. The van der Waals surface area contributed by atoms with Gasteiger partial charge in [-0.15, -0.1) is 22.7 Å². The van der Waals surface area contributed by atoms with Crippen molar-refractivity contribution in [2.75, 3.05) is 0 Å². The van der Waals surface area contributed by atoms with Crippen LogP contribution in [0.25, 0.3) is 0 Å². The number of carbonyl (C=O) groups is 2. The zero-order valence-electron chi connectivity index (χ0n) is 12.6. The number of hydrogen-bond donors (Lipinski definition) is 1. The second-order valence-corrected chi connectivity index (χ2v) is 7.27. The molecule has 0 unspecified atom stereocenters. The Balaban J connectivity index is 1.54. The number of carbonyl (C=O) groups excluding carboxylic acids is 2. The fraction of sp³-hybridized carbons (Fsp3) is 0.111. The summed E-state index contributed by atoms with van der Waals surface area (Å²) in [6.07, 6.45) is 0.201. The lowest BCUT2D eigenvalue weighted by atomic mass is 10.1. The van der Waals surface area contributed by atoms with E-state index in [2.05, 4.69) is 5.32 Å². The Hall–Kier alpha value is -2.31. The van der Waals surface area contributed by atoms with Gasteiger partial charge in [-0.1, -0.05) is 18.2 Å². The van der Waals surface area contributed by atoms with Crippen molar-refractivity contribution < 1.29 is 14.0 Å². The fourth-order valence-corrected chi connectivity index (χ4v) is 3.80. The molecule has 0 spiro atoms. The Kier molecular flexibility index (Phi) is 5.17. The first kappa shape index (κ1) is 16.5. The van der Waals surface area contributed by atoms with Crippen LogP contribution in [0, 0.1) is 5.82 Å². The summed E-state index contributed by atoms with van der Waals surface area (Å²) in [6, 6.07) is 13.2. The van der Waals surface area contributed by atoms with Gasteiger partial charge in [0, 0.05) is 4.88 Å². The van der Waals surface area contributed by atoms with E-state index in [1.807, 2.05) is 17.5 Å². The minimum atomic E-state index is -0.319. The second-order valence-electron chi connectivity index (χ2n) is 5.15. The molecule has 1 N–H and O–H groups in total. The molecule has 24 heavy (non-hydrogen) atoms. The minimum Gasteiger partial charge on any atom is -0.351 e. The van der Waals surface area contributed by atoms with Gasteiger partial charge in [-0.05, 0) is 41.3 Å². The standard InChI is InChI=1S/C18H14FNO2S2/c19-13-5-3-12(4-6-13)10-17(21)20-11-14-7-8-16(24-14)18(22)15-2-1-9-23-15/h1-9H,10-11H2,(H,20,21). The van der Waals surface area contributed by atoms with Gasteiger partial charge in [0.05, 0.1) is 22.7 Å². The van der Waals surface area contributed by atoms with Crippen molar-refractivity contribution in [3.05, 3.63) is 79.9 Å². The summed E-state index contributed by atoms with van der Waals surface area (Å²) in [5.41, 5.74) is 0.758. The first-order valence-electron chi connectivity index (χ1n) is 7.30. The lowest BCUT2D eigenvalue weighted by Gasteiger charge is -2.04. The molecule has 2 heterocycles. The highest BCUT2D eigenvalue weighted by molar-refractivity contribution is 7.16. The third-order valence-electron chi connectivity index (χ3n) is 3.37. The van der Waals surface area contributed by atoms with Crippen LogP contribution >= 0.6 is 22.7 Å². The van der Waals surface area contributed by atoms with E-state index >= 15 is 0 Å². The summed E-state index contributed by atoms with van der Waals surface area (Å²) >= 11 is 2.80. The molecule has 0 atom stereocenters. The van der Waals surface area contributed by atoms with Crippen LogP contribution in [0.1, 0.15) is 25.0 Å². The Morgan fingerprint density at radius 1 is 1.00 bits per heavy atom. The van der Waals surface area contributed by atoms with Crippen molar-refractivity contribution >= 4 is 34.4 Å². The van der Waals surface area contributed by atoms with Crippen LogP contribution in [-0.4, -0.2) is 11.7 Å². The van der Waals surface area contributed by atoms with Gasteiger partial charge in [0.25, 0.3) is 0 Å². The Morgan fingerprint density at radius 2 is 1.79 bits per heavy atom. The molecule has 0 bridgehead atoms. The van der Waals surface area contributed by atoms with Crippen LogP contribution < -0.4 is 5.32 Å². The normalized spacial score (nSPS) is 10.5. The molecule has 0 saturated carbocycles. The molecule has 0 aliphatic rings. The van der Waals surface area contributed by atoms with E-state index in [9.17, 15) is 14.0 Å². The molecule has 1 amide bonds. The smallest absolute Gasteiger partial charge is 0.224 e. The Labute approximate surface area is 146 Å². The lowest BCUT2D eigenvalue weighted by molar-refractivity contribution is -0.120. The van der Waals surface area contributed by atoms with E-state index in [-0.39, 0.29) is 23.9 Å². The summed E-state index contributed by atoms with van der Waals surface area (Å²) in [7, 11) is 0. The zero-order valence-corrected chi connectivity index (χ0v) is 14.3. The van der Waals surface area contributed by atoms with Crippen molar-refractivity contribution in [2.24, 2.45) is 0 Å². The summed E-state index contributed by atoms with van der Waals surface area (Å²) in [5.74, 6) is -0.444. The summed E-state index contributed by atoms with van der Waals surface area (Å²) in [6.45, 7) is 0.377. The first-order chi connectivity index (χ1) is 11.6. The van der Waals surface area contributed by atoms with Gasteiger partial charge in [0.15, 0.2) is 0 Å². The molecular formula is C18H14FNO2S2. The number of halogens is 1. The quantitative estimate of drug-likeness (QED) is 0.675. The van der Waals surface area contributed by atoms with E-state index in [1.54, 1.807) is 24.3 Å². The molecule has 3 rings (SSSR count). The maximum atomic E-state index is 12.8. The molecule has 0 aliphatic carbocycles. The Bertz CT molecular complexity index is 838. The largest absolute Gasteiger partial charge is 0.351 e. The summed E-state index contributed by atoms with van der Waals surface area (Å²) in [5, 5.41) is 4.69. The number of benzene rings is 1. The first-order valence-corrected chi connectivity index (χ1v) is 8.99. The summed E-state index contributed by atoms with van der Waals surface area (Å²) < 4.78 is 12.8. The molecule has 0 aliphatic heterocycles. The predicted molar refractivity (Wildman–Crippen MR) is 94.0 cm³/mol. The van der Waals surface area contributed by atoms with E-state index in [4.69, 9.17) is 0 Å². The maximum Gasteiger partial charge on any atom is 0.224 e. The molecule has 1 aromatic carbocycles. The highest BCUT2D eigenvalue weighted by atomic mass is 32.1. The van der Waals surface area contributed by atoms with Crippen LogP contribution in [0.4, 0.5) is 4.39 Å². The number of ketones is 1. The molecular weight excluding hydrogens is 345 g/mol. The average molecular weight is 359 g/mol. The molecule has 3 aromatic rings. The molecule has 3 nitrogen and oxygen atoms in total.